The number of fused-ring (bicyclic) bond motifs is 2. The Balaban J connectivity index is 1.91. The Morgan fingerprint density at radius 3 is 2.15 bits per heavy atom. The molecule has 0 spiro atoms. The van der Waals surface area contributed by atoms with Gasteiger partial charge in [0.15, 0.2) is 0 Å². The van der Waals surface area contributed by atoms with E-state index in [1.807, 2.05) is 12.1 Å². The normalized spacial score (nSPS) is 11.4. The molecule has 3 aromatic carbocycles. The third-order valence-corrected chi connectivity index (χ3v) is 5.38. The van der Waals surface area contributed by atoms with E-state index in [0.717, 1.165) is 46.7 Å². The number of benzene rings is 3. The highest BCUT2D eigenvalue weighted by Gasteiger charge is 2.12. The summed E-state index contributed by atoms with van der Waals surface area (Å²) in [5.41, 5.74) is 5.66. The Bertz CT molecular complexity index is 1200. The molecule has 0 aliphatic heterocycles. The van der Waals surface area contributed by atoms with Gasteiger partial charge in [-0.1, -0.05) is 57.2 Å². The maximum Gasteiger partial charge on any atom is 0.344 e. The zero-order chi connectivity index (χ0) is 19.0. The van der Waals surface area contributed by atoms with Crippen LogP contribution >= 0.6 is 0 Å². The van der Waals surface area contributed by atoms with Gasteiger partial charge in [0.05, 0.1) is 5.56 Å². The van der Waals surface area contributed by atoms with Crippen LogP contribution in [-0.4, -0.2) is 0 Å². The van der Waals surface area contributed by atoms with Crippen molar-refractivity contribution >= 4 is 21.7 Å². The maximum absolute atomic E-state index is 12.7. The monoisotopic (exact) mass is 356 g/mol. The van der Waals surface area contributed by atoms with E-state index >= 15 is 0 Å². The molecule has 0 unspecified atom stereocenters. The van der Waals surface area contributed by atoms with Crippen LogP contribution in [-0.2, 0) is 19.3 Å². The minimum absolute atomic E-state index is 0.272. The molecule has 0 aliphatic rings. The molecule has 0 amide bonds. The molecule has 2 nitrogen and oxygen atoms in total. The molecule has 0 radical (unpaired) electrons. The molecule has 0 saturated carbocycles. The number of aryl methyl sites for hydroxylation is 3. The first-order chi connectivity index (χ1) is 13.1. The van der Waals surface area contributed by atoms with Crippen molar-refractivity contribution in [1.29, 1.82) is 0 Å². The van der Waals surface area contributed by atoms with E-state index in [-0.39, 0.29) is 5.63 Å². The molecular weight excluding hydrogens is 332 g/mol. The van der Waals surface area contributed by atoms with Crippen LogP contribution in [0.25, 0.3) is 32.9 Å². The second-order valence-electron chi connectivity index (χ2n) is 7.08. The van der Waals surface area contributed by atoms with Gasteiger partial charge in [-0.25, -0.2) is 4.79 Å². The average molecular weight is 356 g/mol. The van der Waals surface area contributed by atoms with Crippen molar-refractivity contribution in [3.63, 3.8) is 0 Å². The summed E-state index contributed by atoms with van der Waals surface area (Å²) in [7, 11) is 0. The molecule has 136 valence electrons. The summed E-state index contributed by atoms with van der Waals surface area (Å²) < 4.78 is 5.76. The molecule has 4 rings (SSSR count). The number of hydrogen-bond acceptors (Lipinski definition) is 2. The summed E-state index contributed by atoms with van der Waals surface area (Å²) >= 11 is 0. The molecule has 0 aliphatic carbocycles. The lowest BCUT2D eigenvalue weighted by molar-refractivity contribution is 0.559. The molecule has 0 atom stereocenters. The summed E-state index contributed by atoms with van der Waals surface area (Å²) in [4.78, 5) is 12.7. The predicted molar refractivity (Wildman–Crippen MR) is 114 cm³/mol. The van der Waals surface area contributed by atoms with Gasteiger partial charge in [0.25, 0.3) is 0 Å². The van der Waals surface area contributed by atoms with E-state index in [1.165, 1.54) is 16.5 Å². The third kappa shape index (κ3) is 3.16. The van der Waals surface area contributed by atoms with Crippen molar-refractivity contribution < 1.29 is 4.42 Å². The van der Waals surface area contributed by atoms with E-state index in [9.17, 15) is 4.79 Å². The van der Waals surface area contributed by atoms with Crippen LogP contribution in [0.1, 0.15) is 37.5 Å². The summed E-state index contributed by atoms with van der Waals surface area (Å²) in [6.45, 7) is 6.40. The van der Waals surface area contributed by atoms with Crippen molar-refractivity contribution in [1.82, 2.24) is 0 Å². The minimum Gasteiger partial charge on any atom is -0.422 e. The topological polar surface area (TPSA) is 30.2 Å². The number of rotatable bonds is 4. The Kier molecular flexibility index (Phi) is 4.57. The summed E-state index contributed by atoms with van der Waals surface area (Å²) in [6.07, 6.45) is 2.83. The lowest BCUT2D eigenvalue weighted by Crippen LogP contribution is -2.04. The van der Waals surface area contributed by atoms with Gasteiger partial charge in [0.1, 0.15) is 5.58 Å². The molecule has 0 saturated heterocycles. The van der Waals surface area contributed by atoms with Crippen LogP contribution in [0, 0.1) is 0 Å². The largest absolute Gasteiger partial charge is 0.422 e. The molecule has 1 aromatic heterocycles. The van der Waals surface area contributed by atoms with Gasteiger partial charge in [-0.2, -0.15) is 0 Å². The van der Waals surface area contributed by atoms with Crippen LogP contribution in [0.4, 0.5) is 0 Å². The van der Waals surface area contributed by atoms with Crippen molar-refractivity contribution in [3.8, 4) is 11.1 Å². The van der Waals surface area contributed by atoms with E-state index in [0.29, 0.717) is 5.56 Å². The molecule has 0 bridgehead atoms. The SMILES string of the molecule is CCc1ccc2cc(-c3cc4cc(CC)cc(CC)c4oc3=O)ccc2c1. The molecule has 1 heterocycles. The molecule has 0 N–H and O–H groups in total. The standard InChI is InChI=1S/C25H24O2/c1-4-16-7-8-20-14-21(10-9-19(20)11-16)23-15-22-13-17(5-2)12-18(6-3)24(22)27-25(23)26/h7-15H,4-6H2,1-3H3. The van der Waals surface area contributed by atoms with Crippen LogP contribution in [0.15, 0.2) is 63.8 Å². The Labute approximate surface area is 159 Å². The van der Waals surface area contributed by atoms with Gasteiger partial charge in [0, 0.05) is 5.39 Å². The Hall–Kier alpha value is -2.87. The Morgan fingerprint density at radius 1 is 0.704 bits per heavy atom. The van der Waals surface area contributed by atoms with Gasteiger partial charge in [0.2, 0.25) is 0 Å². The lowest BCUT2D eigenvalue weighted by atomic mass is 9.98. The summed E-state index contributed by atoms with van der Waals surface area (Å²) in [6, 6.07) is 18.9. The van der Waals surface area contributed by atoms with E-state index < -0.39 is 0 Å². The fourth-order valence-electron chi connectivity index (χ4n) is 3.73. The van der Waals surface area contributed by atoms with E-state index in [2.05, 4.69) is 63.2 Å². The molecule has 2 heteroatoms. The minimum atomic E-state index is -0.272. The first-order valence-electron chi connectivity index (χ1n) is 9.75. The Morgan fingerprint density at radius 2 is 1.41 bits per heavy atom. The molecule has 4 aromatic rings. The maximum atomic E-state index is 12.7. The first kappa shape index (κ1) is 17.5. The van der Waals surface area contributed by atoms with E-state index in [1.54, 1.807) is 0 Å². The molecule has 0 fully saturated rings. The number of hydrogen-bond donors (Lipinski definition) is 0. The summed E-state index contributed by atoms with van der Waals surface area (Å²) in [5.74, 6) is 0. The van der Waals surface area contributed by atoms with Crippen LogP contribution in [0.2, 0.25) is 0 Å². The molecular formula is C25H24O2. The van der Waals surface area contributed by atoms with Gasteiger partial charge in [-0.3, -0.25) is 0 Å². The van der Waals surface area contributed by atoms with Gasteiger partial charge >= 0.3 is 5.63 Å². The second kappa shape index (κ2) is 7.03. The van der Waals surface area contributed by atoms with E-state index in [4.69, 9.17) is 4.42 Å². The first-order valence-corrected chi connectivity index (χ1v) is 9.75. The molecule has 27 heavy (non-hydrogen) atoms. The average Bonchev–Trinajstić information content (AvgIpc) is 2.71. The third-order valence-electron chi connectivity index (χ3n) is 5.38. The van der Waals surface area contributed by atoms with Crippen LogP contribution in [0.5, 0.6) is 0 Å². The smallest absolute Gasteiger partial charge is 0.344 e. The fraction of sp³-hybridized carbons (Fsp3) is 0.240. The zero-order valence-electron chi connectivity index (χ0n) is 16.1. The van der Waals surface area contributed by atoms with Crippen molar-refractivity contribution in [2.45, 2.75) is 40.0 Å². The van der Waals surface area contributed by atoms with Crippen LogP contribution in [0.3, 0.4) is 0 Å². The van der Waals surface area contributed by atoms with Gasteiger partial charge in [-0.15, -0.1) is 0 Å². The fourth-order valence-corrected chi connectivity index (χ4v) is 3.73. The van der Waals surface area contributed by atoms with Gasteiger partial charge < -0.3 is 4.42 Å². The van der Waals surface area contributed by atoms with Crippen molar-refractivity contribution in [3.05, 3.63) is 81.7 Å². The second-order valence-corrected chi connectivity index (χ2v) is 7.08. The van der Waals surface area contributed by atoms with Crippen LogP contribution < -0.4 is 5.63 Å². The van der Waals surface area contributed by atoms with Crippen molar-refractivity contribution in [2.75, 3.05) is 0 Å². The highest BCUT2D eigenvalue weighted by atomic mass is 16.4. The highest BCUT2D eigenvalue weighted by Crippen LogP contribution is 2.28. The van der Waals surface area contributed by atoms with Crippen molar-refractivity contribution in [2.24, 2.45) is 0 Å². The highest BCUT2D eigenvalue weighted by molar-refractivity contribution is 5.90. The van der Waals surface area contributed by atoms with Gasteiger partial charge in [-0.05, 0) is 70.5 Å². The predicted octanol–water partition coefficient (Wildman–Crippen LogP) is 6.30. The summed E-state index contributed by atoms with van der Waals surface area (Å²) in [5, 5.41) is 3.34. The lowest BCUT2D eigenvalue weighted by Gasteiger charge is -2.09. The quantitative estimate of drug-likeness (QED) is 0.402. The zero-order valence-corrected chi connectivity index (χ0v) is 16.1.